The number of sulfonamides is 1. The fourth-order valence-corrected chi connectivity index (χ4v) is 5.11. The molecule has 0 spiro atoms. The largest absolute Gasteiger partial charge is 0.343 e. The summed E-state index contributed by atoms with van der Waals surface area (Å²) in [4.78, 5) is 23.2. The summed E-state index contributed by atoms with van der Waals surface area (Å²) in [6.07, 6.45) is -0.406. The molecule has 9 nitrogen and oxygen atoms in total. The second kappa shape index (κ2) is 11.4. The van der Waals surface area contributed by atoms with Crippen molar-refractivity contribution in [1.29, 1.82) is 0 Å². The molecule has 0 unspecified atom stereocenters. The number of halogens is 5. The van der Waals surface area contributed by atoms with Gasteiger partial charge in [0.2, 0.25) is 32.8 Å². The van der Waals surface area contributed by atoms with E-state index in [4.69, 9.17) is 12.2 Å². The van der Waals surface area contributed by atoms with Crippen LogP contribution in [0.4, 0.5) is 27.1 Å². The van der Waals surface area contributed by atoms with E-state index in [0.717, 1.165) is 11.3 Å². The quantitative estimate of drug-likeness (QED) is 0.133. The summed E-state index contributed by atoms with van der Waals surface area (Å²) in [6.45, 7) is 1.25. The zero-order valence-electron chi connectivity index (χ0n) is 18.4. The number of aromatic nitrogens is 2. The molecule has 0 aliphatic rings. The Balaban J connectivity index is 1.89. The van der Waals surface area contributed by atoms with E-state index >= 15 is 0 Å². The Morgan fingerprint density at radius 2 is 1.57 bits per heavy atom. The highest BCUT2D eigenvalue weighted by Crippen LogP contribution is 2.27. The van der Waals surface area contributed by atoms with E-state index in [1.807, 2.05) is 0 Å². The molecule has 0 aliphatic carbocycles. The molecule has 17 heteroatoms. The van der Waals surface area contributed by atoms with Crippen LogP contribution in [0.25, 0.3) is 0 Å². The number of carbonyl (C=O) groups excluding carboxylic acids is 2. The summed E-state index contributed by atoms with van der Waals surface area (Å²) in [5.74, 6) is -14.6. The number of carbonyl (C=O) groups is 2. The van der Waals surface area contributed by atoms with E-state index in [1.54, 1.807) is 22.9 Å². The van der Waals surface area contributed by atoms with Crippen molar-refractivity contribution in [2.45, 2.75) is 30.3 Å². The molecular weight excluding hydrogens is 565 g/mol. The number of nitrogens with zero attached hydrogens (tertiary/aromatic N) is 1. The van der Waals surface area contributed by atoms with Crippen LogP contribution in [-0.2, 0) is 26.0 Å². The molecular formula is C20H16F5N5O4S3. The van der Waals surface area contributed by atoms with Gasteiger partial charge in [0.25, 0.3) is 0 Å². The minimum Gasteiger partial charge on any atom is -0.343 e. The Bertz CT molecular complexity index is 1470. The highest BCUT2D eigenvalue weighted by Gasteiger charge is 2.36. The number of benzene rings is 2. The van der Waals surface area contributed by atoms with E-state index in [-0.39, 0.29) is 9.09 Å². The van der Waals surface area contributed by atoms with Crippen molar-refractivity contribution in [1.82, 2.24) is 20.2 Å². The van der Waals surface area contributed by atoms with Gasteiger partial charge in [-0.2, -0.15) is 4.72 Å². The molecule has 0 saturated carbocycles. The Labute approximate surface area is 215 Å². The number of H-pyrrole nitrogens is 1. The second-order valence-corrected chi connectivity index (χ2v) is 10.7. The third-order valence-electron chi connectivity index (χ3n) is 4.76. The summed E-state index contributed by atoms with van der Waals surface area (Å²) >= 11 is 5.77. The number of anilines is 1. The normalized spacial score (nSPS) is 13.1. The number of amides is 2. The molecule has 4 N–H and O–H groups in total. The van der Waals surface area contributed by atoms with Crippen molar-refractivity contribution >= 4 is 50.5 Å². The smallest absolute Gasteiger partial charge is 0.248 e. The van der Waals surface area contributed by atoms with Crippen molar-refractivity contribution in [2.24, 2.45) is 0 Å². The van der Waals surface area contributed by atoms with Gasteiger partial charge in [-0.25, -0.2) is 30.4 Å². The molecule has 1 aromatic heterocycles. The van der Waals surface area contributed by atoms with Crippen LogP contribution in [0.15, 0.2) is 35.2 Å². The Kier molecular flexibility index (Phi) is 8.72. The lowest BCUT2D eigenvalue weighted by Crippen LogP contribution is -2.52. The number of nitrogens with one attached hydrogen (secondary N) is 4. The molecule has 0 aliphatic heterocycles. The minimum atomic E-state index is -5.48. The molecule has 0 bridgehead atoms. The summed E-state index contributed by atoms with van der Waals surface area (Å²) in [5.41, 5.74) is 0.371. The molecule has 2 atom stereocenters. The van der Waals surface area contributed by atoms with Crippen molar-refractivity contribution in [3.05, 3.63) is 68.9 Å². The zero-order valence-corrected chi connectivity index (χ0v) is 20.9. The molecule has 3 rings (SSSR count). The first-order valence-electron chi connectivity index (χ1n) is 10.1. The summed E-state index contributed by atoms with van der Waals surface area (Å²) in [7, 11) is -5.48. The Hall–Kier alpha value is -3.28. The first-order valence-corrected chi connectivity index (χ1v) is 12.8. The van der Waals surface area contributed by atoms with Gasteiger partial charge in [-0.3, -0.25) is 20.0 Å². The van der Waals surface area contributed by atoms with Crippen molar-refractivity contribution in [3.63, 3.8) is 0 Å². The topological polar surface area (TPSA) is 133 Å². The molecule has 1 heterocycles. The Morgan fingerprint density at radius 1 is 1.00 bits per heavy atom. The van der Waals surface area contributed by atoms with E-state index in [0.29, 0.717) is 5.56 Å². The molecule has 0 radical (unpaired) electrons. The first-order chi connectivity index (χ1) is 17.3. The fourth-order valence-electron chi connectivity index (χ4n) is 2.98. The van der Waals surface area contributed by atoms with E-state index in [9.17, 15) is 40.0 Å². The van der Waals surface area contributed by atoms with Gasteiger partial charge in [-0.1, -0.05) is 41.7 Å². The average molecular weight is 582 g/mol. The predicted molar refractivity (Wildman–Crippen MR) is 124 cm³/mol. The number of hydrogen-bond donors (Lipinski definition) is 4. The number of rotatable bonds is 9. The van der Waals surface area contributed by atoms with Gasteiger partial charge in [0.15, 0.2) is 32.1 Å². The van der Waals surface area contributed by atoms with E-state index in [2.05, 4.69) is 20.8 Å². The molecule has 2 amide bonds. The lowest BCUT2D eigenvalue weighted by molar-refractivity contribution is -0.127. The summed E-state index contributed by atoms with van der Waals surface area (Å²) in [5, 5.41) is 10.8. The maximum absolute atomic E-state index is 14.2. The van der Waals surface area contributed by atoms with Crippen molar-refractivity contribution in [2.75, 3.05) is 5.32 Å². The third kappa shape index (κ3) is 6.54. The van der Waals surface area contributed by atoms with Gasteiger partial charge in [-0.15, -0.1) is 5.10 Å². The lowest BCUT2D eigenvalue weighted by atomic mass is 10.1. The van der Waals surface area contributed by atoms with Crippen molar-refractivity contribution in [3.8, 4) is 0 Å². The van der Waals surface area contributed by atoms with Crippen molar-refractivity contribution < 1.29 is 40.0 Å². The first kappa shape index (κ1) is 28.3. The van der Waals surface area contributed by atoms with Gasteiger partial charge >= 0.3 is 0 Å². The fraction of sp³-hybridized carbons (Fsp3) is 0.200. The van der Waals surface area contributed by atoms with Crippen LogP contribution in [0, 0.1) is 33.0 Å². The van der Waals surface area contributed by atoms with Gasteiger partial charge in [0.1, 0.15) is 12.1 Å². The van der Waals surface area contributed by atoms with Crippen LogP contribution >= 0.6 is 23.6 Å². The highest BCUT2D eigenvalue weighted by molar-refractivity contribution is 7.89. The van der Waals surface area contributed by atoms with Crippen LogP contribution in [0.2, 0.25) is 0 Å². The molecule has 3 aromatic rings. The van der Waals surface area contributed by atoms with Gasteiger partial charge in [0.05, 0.1) is 0 Å². The van der Waals surface area contributed by atoms with Crippen LogP contribution in [-0.4, -0.2) is 42.5 Å². The lowest BCUT2D eigenvalue weighted by Gasteiger charge is -2.21. The number of hydrogen-bond acceptors (Lipinski definition) is 7. The maximum Gasteiger partial charge on any atom is 0.248 e. The van der Waals surface area contributed by atoms with Gasteiger partial charge in [0, 0.05) is 0 Å². The molecule has 0 fully saturated rings. The monoisotopic (exact) mass is 581 g/mol. The molecule has 0 saturated heterocycles. The predicted octanol–water partition coefficient (Wildman–Crippen LogP) is 2.93. The molecule has 2 aromatic carbocycles. The Morgan fingerprint density at radius 3 is 2.11 bits per heavy atom. The third-order valence-corrected chi connectivity index (χ3v) is 7.25. The van der Waals surface area contributed by atoms with Crippen LogP contribution in [0.1, 0.15) is 12.5 Å². The van der Waals surface area contributed by atoms with Crippen LogP contribution in [0.3, 0.4) is 0 Å². The average Bonchev–Trinajstić information content (AvgIpc) is 3.25. The molecule has 37 heavy (non-hydrogen) atoms. The van der Waals surface area contributed by atoms with Crippen LogP contribution in [0.5, 0.6) is 0 Å². The van der Waals surface area contributed by atoms with E-state index in [1.165, 1.54) is 19.1 Å². The maximum atomic E-state index is 14.2. The van der Waals surface area contributed by atoms with E-state index < -0.39 is 74.3 Å². The SMILES string of the molecule is C[C@H](NC(=O)[C@H](Cc1ccccc1)NS(=O)(=O)c1c(F)c(F)c(F)c(F)c1F)C(=O)Nc1n[nH]c(=S)s1. The highest BCUT2D eigenvalue weighted by atomic mass is 32.2. The zero-order chi connectivity index (χ0) is 27.5. The molecule has 198 valence electrons. The second-order valence-electron chi connectivity index (χ2n) is 7.40. The summed E-state index contributed by atoms with van der Waals surface area (Å²) in [6, 6.07) is 4.61. The number of aromatic amines is 1. The minimum absolute atomic E-state index is 0.0870. The van der Waals surface area contributed by atoms with Crippen LogP contribution < -0.4 is 15.4 Å². The standard InChI is InChI=1S/C20H16F5N5O4S3/c1-8(17(31)27-19-28-29-20(35)36-19)26-18(32)10(7-9-5-3-2-4-6-9)30-37(33,34)16-14(24)12(22)11(21)13(23)15(16)25/h2-6,8,10,30H,7H2,1H3,(H,26,32)(H,29,35)(H,27,28,31)/t8-,10-/m0/s1. The van der Waals surface area contributed by atoms with Gasteiger partial charge < -0.3 is 5.32 Å². The van der Waals surface area contributed by atoms with Gasteiger partial charge in [-0.05, 0) is 31.1 Å². The summed E-state index contributed by atoms with van der Waals surface area (Å²) < 4.78 is 96.4.